The number of sulfone groups is 1. The number of carbonyl (C=O) groups excluding carboxylic acids is 1. The summed E-state index contributed by atoms with van der Waals surface area (Å²) in [5.74, 6) is -0.720. The van der Waals surface area contributed by atoms with Crippen LogP contribution in [0, 0.1) is 6.92 Å². The Morgan fingerprint density at radius 3 is 2.61 bits per heavy atom. The molecule has 2 aliphatic heterocycles. The minimum Gasteiger partial charge on any atom is -0.316 e. The van der Waals surface area contributed by atoms with Crippen molar-refractivity contribution in [3.8, 4) is 0 Å². The average Bonchev–Trinajstić information content (AvgIpc) is 3.11. The molecule has 1 amide bonds. The fourth-order valence-corrected chi connectivity index (χ4v) is 7.77. The van der Waals surface area contributed by atoms with Crippen LogP contribution in [0.25, 0.3) is 0 Å². The Bertz CT molecular complexity index is 1160. The highest BCUT2D eigenvalue weighted by Gasteiger charge is 2.49. The average molecular weight is 469 g/mol. The van der Waals surface area contributed by atoms with Gasteiger partial charge in [-0.2, -0.15) is 18.2 Å². The molecule has 0 aromatic heterocycles. The number of carbonyl (C=O) groups is 1. The maximum atomic E-state index is 13.2. The molecule has 0 bridgehead atoms. The topological polar surface area (TPSA) is 66.8 Å². The van der Waals surface area contributed by atoms with Gasteiger partial charge in [0.25, 0.3) is 5.91 Å². The highest BCUT2D eigenvalue weighted by molar-refractivity contribution is 8.16. The number of fused-ring (bicyclic) bond motifs is 1. The van der Waals surface area contributed by atoms with Crippen LogP contribution in [-0.2, 0) is 27.2 Å². The van der Waals surface area contributed by atoms with Crippen molar-refractivity contribution >= 4 is 38.4 Å². The summed E-state index contributed by atoms with van der Waals surface area (Å²) in [4.78, 5) is 18.3. The number of halogens is 3. The van der Waals surface area contributed by atoms with Crippen molar-refractivity contribution in [1.82, 2.24) is 0 Å². The Labute approximate surface area is 182 Å². The summed E-state index contributed by atoms with van der Waals surface area (Å²) in [5.41, 5.74) is 1.11. The smallest absolute Gasteiger partial charge is 0.316 e. The summed E-state index contributed by atoms with van der Waals surface area (Å²) in [6.07, 6.45) is -4.49. The van der Waals surface area contributed by atoms with Gasteiger partial charge in [0.15, 0.2) is 15.0 Å². The minimum absolute atomic E-state index is 0.0514. The van der Waals surface area contributed by atoms with Crippen molar-refractivity contribution in [1.29, 1.82) is 0 Å². The Morgan fingerprint density at radius 1 is 1.16 bits per heavy atom. The van der Waals surface area contributed by atoms with Gasteiger partial charge in [-0.05, 0) is 30.7 Å². The molecule has 2 aliphatic rings. The molecule has 5 nitrogen and oxygen atoms in total. The SMILES string of the molecule is Cc1cccc(CC(=O)N=C2S[C@H]3CS(=O)(=O)C[C@@H]3N2c2cccc(C(F)(F)F)c2)c1. The van der Waals surface area contributed by atoms with Gasteiger partial charge in [-0.1, -0.05) is 47.7 Å². The van der Waals surface area contributed by atoms with Gasteiger partial charge in [-0.25, -0.2) is 8.42 Å². The molecular weight excluding hydrogens is 449 g/mol. The number of anilines is 1. The van der Waals surface area contributed by atoms with Gasteiger partial charge in [-0.3, -0.25) is 4.79 Å². The number of benzene rings is 2. The quantitative estimate of drug-likeness (QED) is 0.685. The lowest BCUT2D eigenvalue weighted by Crippen LogP contribution is -2.38. The zero-order valence-corrected chi connectivity index (χ0v) is 18.1. The van der Waals surface area contributed by atoms with Crippen molar-refractivity contribution in [2.75, 3.05) is 16.4 Å². The van der Waals surface area contributed by atoms with Crippen LogP contribution in [0.5, 0.6) is 0 Å². The van der Waals surface area contributed by atoms with E-state index >= 15 is 0 Å². The van der Waals surface area contributed by atoms with Gasteiger partial charge in [-0.15, -0.1) is 0 Å². The number of hydrogen-bond acceptors (Lipinski definition) is 4. The van der Waals surface area contributed by atoms with Gasteiger partial charge >= 0.3 is 6.18 Å². The molecule has 31 heavy (non-hydrogen) atoms. The number of aryl methyl sites for hydroxylation is 1. The number of rotatable bonds is 3. The Morgan fingerprint density at radius 2 is 1.90 bits per heavy atom. The van der Waals surface area contributed by atoms with Crippen molar-refractivity contribution in [3.05, 3.63) is 65.2 Å². The molecule has 0 aliphatic carbocycles. The predicted octanol–water partition coefficient (Wildman–Crippen LogP) is 3.86. The normalized spacial score (nSPS) is 23.9. The largest absolute Gasteiger partial charge is 0.416 e. The van der Waals surface area contributed by atoms with Crippen LogP contribution in [-0.4, -0.2) is 42.3 Å². The van der Waals surface area contributed by atoms with Gasteiger partial charge in [0.05, 0.1) is 29.5 Å². The molecule has 2 saturated heterocycles. The molecule has 2 heterocycles. The molecule has 164 valence electrons. The molecule has 0 radical (unpaired) electrons. The first-order valence-corrected chi connectivity index (χ1v) is 12.2. The van der Waals surface area contributed by atoms with Crippen LogP contribution < -0.4 is 4.90 Å². The lowest BCUT2D eigenvalue weighted by atomic mass is 10.1. The Hall–Kier alpha value is -2.33. The number of nitrogens with zero attached hydrogens (tertiary/aromatic N) is 2. The molecule has 2 aromatic rings. The standard InChI is InChI=1S/C21H19F3N2O3S2/c1-13-4-2-5-14(8-13)9-19(27)25-20-26(17-11-31(28,29)12-18(17)30-20)16-7-3-6-15(10-16)21(22,23)24/h2-8,10,17-18H,9,11-12H2,1H3/t17-,18-/m0/s1. The van der Waals surface area contributed by atoms with Crippen LogP contribution in [0.1, 0.15) is 16.7 Å². The molecule has 2 aromatic carbocycles. The summed E-state index contributed by atoms with van der Waals surface area (Å²) in [6, 6.07) is 11.5. The van der Waals surface area contributed by atoms with E-state index in [0.717, 1.165) is 35.0 Å². The van der Waals surface area contributed by atoms with Crippen molar-refractivity contribution in [2.45, 2.75) is 30.8 Å². The summed E-state index contributed by atoms with van der Waals surface area (Å²) < 4.78 is 63.9. The number of hydrogen-bond donors (Lipinski definition) is 0. The van der Waals surface area contributed by atoms with Crippen LogP contribution >= 0.6 is 11.8 Å². The molecule has 0 unspecified atom stereocenters. The third kappa shape index (κ3) is 4.79. The molecule has 0 N–H and O–H groups in total. The highest BCUT2D eigenvalue weighted by atomic mass is 32.2. The van der Waals surface area contributed by atoms with E-state index in [0.29, 0.717) is 0 Å². The summed E-state index contributed by atoms with van der Waals surface area (Å²) in [7, 11) is -3.31. The lowest BCUT2D eigenvalue weighted by Gasteiger charge is -2.25. The first-order valence-electron chi connectivity index (χ1n) is 9.52. The number of amides is 1. The van der Waals surface area contributed by atoms with Crippen LogP contribution in [0.15, 0.2) is 53.5 Å². The van der Waals surface area contributed by atoms with E-state index in [1.807, 2.05) is 25.1 Å². The maximum Gasteiger partial charge on any atom is 0.416 e. The van der Waals surface area contributed by atoms with Gasteiger partial charge < -0.3 is 4.90 Å². The molecule has 0 saturated carbocycles. The fraction of sp³-hybridized carbons (Fsp3) is 0.333. The minimum atomic E-state index is -4.54. The van der Waals surface area contributed by atoms with Crippen LogP contribution in [0.3, 0.4) is 0 Å². The summed E-state index contributed by atoms with van der Waals surface area (Å²) in [6.45, 7) is 1.91. The number of amidine groups is 1. The Kier molecular flexibility index (Phi) is 5.63. The molecular formula is C21H19F3N2O3S2. The van der Waals surface area contributed by atoms with E-state index in [9.17, 15) is 26.4 Å². The van der Waals surface area contributed by atoms with E-state index in [1.165, 1.54) is 17.0 Å². The first kappa shape index (κ1) is 21.9. The zero-order valence-electron chi connectivity index (χ0n) is 16.5. The lowest BCUT2D eigenvalue weighted by molar-refractivity contribution is -0.137. The van der Waals surface area contributed by atoms with E-state index < -0.39 is 33.5 Å². The van der Waals surface area contributed by atoms with E-state index in [1.54, 1.807) is 6.07 Å². The second-order valence-corrected chi connectivity index (χ2v) is 11.0. The van der Waals surface area contributed by atoms with Crippen LogP contribution in [0.2, 0.25) is 0 Å². The first-order chi connectivity index (χ1) is 14.5. The monoisotopic (exact) mass is 468 g/mol. The third-order valence-corrected chi connectivity index (χ3v) is 8.39. The summed E-state index contributed by atoms with van der Waals surface area (Å²) >= 11 is 1.14. The number of aliphatic imine (C=N–C) groups is 1. The molecule has 2 atom stereocenters. The maximum absolute atomic E-state index is 13.2. The predicted molar refractivity (Wildman–Crippen MR) is 115 cm³/mol. The van der Waals surface area contributed by atoms with Crippen molar-refractivity contribution in [3.63, 3.8) is 0 Å². The van der Waals surface area contributed by atoms with Gasteiger partial charge in [0.1, 0.15) is 0 Å². The molecule has 0 spiro atoms. The number of thioether (sulfide) groups is 1. The highest BCUT2D eigenvalue weighted by Crippen LogP contribution is 2.42. The second kappa shape index (κ2) is 7.98. The fourth-order valence-electron chi connectivity index (χ4n) is 3.84. The molecule has 10 heteroatoms. The van der Waals surface area contributed by atoms with Gasteiger partial charge in [0.2, 0.25) is 0 Å². The third-order valence-electron chi connectivity index (χ3n) is 5.18. The van der Waals surface area contributed by atoms with E-state index in [2.05, 4.69) is 4.99 Å². The van der Waals surface area contributed by atoms with Crippen LogP contribution in [0.4, 0.5) is 18.9 Å². The molecule has 2 fully saturated rings. The molecule has 4 rings (SSSR count). The second-order valence-electron chi connectivity index (χ2n) is 7.67. The van der Waals surface area contributed by atoms with E-state index in [-0.39, 0.29) is 34.0 Å². The van der Waals surface area contributed by atoms with E-state index in [4.69, 9.17) is 0 Å². The number of alkyl halides is 3. The van der Waals surface area contributed by atoms with Gasteiger partial charge in [0, 0.05) is 10.9 Å². The Balaban J connectivity index is 1.68. The zero-order chi connectivity index (χ0) is 22.4. The van der Waals surface area contributed by atoms with Crippen molar-refractivity contribution < 1.29 is 26.4 Å². The summed E-state index contributed by atoms with van der Waals surface area (Å²) in [5, 5.41) is -0.146. The van der Waals surface area contributed by atoms with Crippen molar-refractivity contribution in [2.24, 2.45) is 4.99 Å².